The van der Waals surface area contributed by atoms with Gasteiger partial charge < -0.3 is 20.8 Å². The predicted molar refractivity (Wildman–Crippen MR) is 227 cm³/mol. The molecule has 0 radical (unpaired) electrons. The number of carbonyl (C=O) groups is 2. The van der Waals surface area contributed by atoms with Crippen molar-refractivity contribution in [3.05, 3.63) is 106 Å². The van der Waals surface area contributed by atoms with Crippen LogP contribution in [0.25, 0.3) is 27.9 Å². The van der Waals surface area contributed by atoms with Crippen molar-refractivity contribution in [3.63, 3.8) is 0 Å². The molecular formula is C42H51N7O4RuS2. The number of thiocarbonyl (C=S) groups is 2. The van der Waals surface area contributed by atoms with Gasteiger partial charge in [0.1, 0.15) is 11.3 Å². The number of nitrogens with zero attached hydrogens (tertiary/aromatic N) is 6. The maximum atomic E-state index is 11.2. The number of unbranched alkanes of at least 4 members (excludes halogenated alkanes) is 12. The molecule has 0 saturated heterocycles. The minimum Gasteiger partial charge on any atom is -0.753 e. The summed E-state index contributed by atoms with van der Waals surface area (Å²) in [6, 6.07) is 11.5. The van der Waals surface area contributed by atoms with Crippen molar-refractivity contribution in [2.75, 3.05) is 0 Å². The molecule has 56 heavy (non-hydrogen) atoms. The van der Waals surface area contributed by atoms with Gasteiger partial charge in [0.15, 0.2) is 0 Å². The summed E-state index contributed by atoms with van der Waals surface area (Å²) in [5.41, 5.74) is 7.91. The third-order valence-electron chi connectivity index (χ3n) is 8.29. The molecule has 0 atom stereocenters. The van der Waals surface area contributed by atoms with Gasteiger partial charge in [-0.15, -0.1) is 0 Å². The molecule has 0 spiro atoms. The van der Waals surface area contributed by atoms with Crippen LogP contribution < -0.4 is 5.90 Å². The number of carboxylic acids is 1. The van der Waals surface area contributed by atoms with Crippen molar-refractivity contribution in [1.29, 1.82) is 0 Å². The van der Waals surface area contributed by atoms with E-state index in [1.165, 1.54) is 136 Å². The summed E-state index contributed by atoms with van der Waals surface area (Å²) in [6.07, 6.45) is 27.9. The summed E-state index contributed by atoms with van der Waals surface area (Å²) in [7, 11) is 0. The van der Waals surface area contributed by atoms with Gasteiger partial charge in [0.2, 0.25) is 0 Å². The Morgan fingerprint density at radius 3 is 1.61 bits per heavy atom. The van der Waals surface area contributed by atoms with E-state index in [1.807, 2.05) is 12.4 Å². The van der Waals surface area contributed by atoms with Gasteiger partial charge in [0.05, 0.1) is 22.6 Å². The Labute approximate surface area is 354 Å². The summed E-state index contributed by atoms with van der Waals surface area (Å²) in [5.74, 6) is 5.25. The fourth-order valence-corrected chi connectivity index (χ4v) is 5.47. The molecule has 3 N–H and O–H groups in total. The maximum absolute atomic E-state index is 11.2. The van der Waals surface area contributed by atoms with E-state index in [1.54, 1.807) is 0 Å². The fourth-order valence-electron chi connectivity index (χ4n) is 5.47. The van der Waals surface area contributed by atoms with Crippen molar-refractivity contribution >= 4 is 58.3 Å². The van der Waals surface area contributed by atoms with Crippen molar-refractivity contribution in [3.8, 4) is 11.4 Å². The monoisotopic (exact) mass is 883 g/mol. The average molecular weight is 883 g/mol. The third-order valence-corrected chi connectivity index (χ3v) is 8.29. The van der Waals surface area contributed by atoms with E-state index in [2.05, 4.69) is 98.9 Å². The minimum atomic E-state index is -1.09. The molecule has 0 unspecified atom stereocenters. The first kappa shape index (κ1) is 51.5. The predicted octanol–water partition coefficient (Wildman–Crippen LogP) is 10.3. The van der Waals surface area contributed by atoms with Crippen LogP contribution in [-0.4, -0.2) is 48.2 Å². The first-order chi connectivity index (χ1) is 26.8. The van der Waals surface area contributed by atoms with Crippen molar-refractivity contribution in [1.82, 2.24) is 15.0 Å². The maximum Gasteiger partial charge on any atom is 2.00 e. The van der Waals surface area contributed by atoms with Crippen molar-refractivity contribution in [2.45, 2.75) is 117 Å². The number of aryl methyl sites for hydroxylation is 2. The van der Waals surface area contributed by atoms with Gasteiger partial charge in [0, 0.05) is 24.5 Å². The van der Waals surface area contributed by atoms with Crippen LogP contribution in [0.1, 0.15) is 131 Å². The molecule has 0 fully saturated rings. The summed E-state index contributed by atoms with van der Waals surface area (Å²) < 4.78 is 0. The Morgan fingerprint density at radius 1 is 0.732 bits per heavy atom. The van der Waals surface area contributed by atoms with Gasteiger partial charge >= 0.3 is 31.4 Å². The summed E-state index contributed by atoms with van der Waals surface area (Å²) in [6.45, 7) is 4.56. The molecule has 14 heteroatoms. The number of isothiocyanates is 2. The van der Waals surface area contributed by atoms with Crippen LogP contribution in [0.2, 0.25) is 0 Å². The van der Waals surface area contributed by atoms with E-state index >= 15 is 0 Å². The van der Waals surface area contributed by atoms with E-state index in [9.17, 15) is 9.59 Å². The Morgan fingerprint density at radius 2 is 1.16 bits per heavy atom. The number of rotatable bonds is 20. The van der Waals surface area contributed by atoms with E-state index in [0.29, 0.717) is 0 Å². The zero-order valence-electron chi connectivity index (χ0n) is 32.2. The third kappa shape index (κ3) is 22.8. The average Bonchev–Trinajstić information content (AvgIpc) is 3.21. The van der Waals surface area contributed by atoms with Crippen LogP contribution in [0.15, 0.2) is 77.4 Å². The first-order valence-corrected chi connectivity index (χ1v) is 19.4. The number of nitrogens with two attached hydrogens (primary N) is 1. The van der Waals surface area contributed by atoms with Crippen LogP contribution in [0.4, 0.5) is 0 Å². The molecule has 0 aliphatic carbocycles. The second-order valence-corrected chi connectivity index (χ2v) is 12.8. The Hall–Kier alpha value is -4.46. The van der Waals surface area contributed by atoms with Gasteiger partial charge in [-0.1, -0.05) is 115 Å². The quantitative estimate of drug-likeness (QED) is 0.0276. The molecule has 4 rings (SSSR count). The van der Waals surface area contributed by atoms with Gasteiger partial charge in [-0.2, -0.15) is 21.2 Å². The Kier molecular flexibility index (Phi) is 31.2. The molecule has 298 valence electrons. The molecule has 0 aromatic carbocycles. The summed E-state index contributed by atoms with van der Waals surface area (Å²) in [5, 5.41) is 25.8. The second-order valence-electron chi connectivity index (χ2n) is 12.5. The van der Waals surface area contributed by atoms with E-state index < -0.39 is 11.9 Å². The van der Waals surface area contributed by atoms with Crippen LogP contribution >= 0.6 is 24.4 Å². The zero-order chi connectivity index (χ0) is 40.5. The molecule has 0 amide bonds. The normalized spacial score (nSPS) is 10.6. The standard InChI is InChI=1S/C28H44N2.C12H7N3O4.2CNS.Ru/c1-3-5-7-9-11-13-15-17-25-19-21-29-27(23-25)28-24-26(20-22-30-28)18-16-14-12-10-8-6-4-2;13-19-12(18)8-2-4-15-10(6-8)9-5-7(11(16)17)1-3-14-9;2*2-1-3;/h19-24H,3-18H2,1-2H3;1,3,5-6H,13H2,(H,16,17);;;/q;;2*-1;+2. The molecule has 3 aromatic heterocycles. The number of carbonyl (C=O) groups excluding carboxylic acids is 1. The molecule has 11 nitrogen and oxygen atoms in total. The van der Waals surface area contributed by atoms with E-state index in [-0.39, 0.29) is 42.0 Å². The van der Waals surface area contributed by atoms with E-state index in [0.717, 1.165) is 24.2 Å². The fraction of sp³-hybridized carbons (Fsp3) is 0.429. The van der Waals surface area contributed by atoms with Crippen LogP contribution in [0.5, 0.6) is 0 Å². The SMILES string of the molecule is CCCCCCCCCc1ccnc(-c2cc(CCCCCCCCC)ccn2)c1.NOC(=O)C1=C=C=NC(c2cc(C(=O)O)ccn2)=C1.[N-]=C=S.[N-]=C=S.[Ru+2]. The zero-order valence-corrected chi connectivity index (χ0v) is 35.6. The number of hydrogen-bond acceptors (Lipinski definition) is 10. The van der Waals surface area contributed by atoms with Crippen molar-refractivity contribution < 1.29 is 39.0 Å². The minimum absolute atomic E-state index is 0. The van der Waals surface area contributed by atoms with Crippen LogP contribution in [0, 0.1) is 0 Å². The second kappa shape index (κ2) is 33.8. The smallest absolute Gasteiger partial charge is 0.753 e. The topological polar surface area (TPSA) is 185 Å². The molecular weight excluding hydrogens is 832 g/mol. The molecule has 0 saturated carbocycles. The van der Waals surface area contributed by atoms with Gasteiger partial charge in [-0.3, -0.25) is 15.0 Å². The number of hydrogen-bond donors (Lipinski definition) is 2. The van der Waals surface area contributed by atoms with Crippen LogP contribution in [-0.2, 0) is 42.0 Å². The largest absolute Gasteiger partial charge is 2.00 e. The van der Waals surface area contributed by atoms with Gasteiger partial charge in [-0.05, 0) is 85.0 Å². The van der Waals surface area contributed by atoms with Gasteiger partial charge in [0.25, 0.3) is 0 Å². The van der Waals surface area contributed by atoms with E-state index in [4.69, 9.17) is 21.8 Å². The molecule has 1 aliphatic rings. The molecule has 0 bridgehead atoms. The number of aromatic nitrogens is 3. The molecule has 1 aliphatic heterocycles. The summed E-state index contributed by atoms with van der Waals surface area (Å²) in [4.78, 5) is 43.2. The Bertz CT molecular complexity index is 1760. The molecule has 4 heterocycles. The van der Waals surface area contributed by atoms with Gasteiger partial charge in [-0.25, -0.2) is 9.59 Å². The summed E-state index contributed by atoms with van der Waals surface area (Å²) >= 11 is 7.40. The molecule has 3 aromatic rings. The number of aromatic carboxylic acids is 1. The Balaban J connectivity index is 0.000000995. The van der Waals surface area contributed by atoms with Crippen molar-refractivity contribution in [2.24, 2.45) is 10.9 Å². The van der Waals surface area contributed by atoms with Crippen LogP contribution in [0.3, 0.4) is 0 Å². The number of aliphatic imine (C=N–C) groups is 1. The first-order valence-electron chi connectivity index (χ1n) is 18.6. The number of pyridine rings is 3. The number of carboxylic acid groups (broad SMARTS) is 1.